The van der Waals surface area contributed by atoms with Crippen LogP contribution in [-0.4, -0.2) is 38.9 Å². The van der Waals surface area contributed by atoms with Gasteiger partial charge in [0.25, 0.3) is 0 Å². The Balaban J connectivity index is 1.67. The Labute approximate surface area is 149 Å². The lowest BCUT2D eigenvalue weighted by Gasteiger charge is -2.25. The van der Waals surface area contributed by atoms with Crippen molar-refractivity contribution < 1.29 is 9.90 Å². The largest absolute Gasteiger partial charge is 0.476 e. The predicted molar refractivity (Wildman–Crippen MR) is 98.7 cm³/mol. The number of benzene rings is 1. The standard InChI is InChI=1S/C18H20N4O2S/c1-12-10-14(17(23)24)20-22(12)11-13-6-5-7-15-16(13)19-18(25-15)21-8-3-2-4-9-21/h5-7,10H,2-4,8-9,11H2,1H3,(H,23,24). The SMILES string of the molecule is Cc1cc(C(=O)O)nn1Cc1cccc2sc(N3CCCCC3)nc12. The average Bonchev–Trinajstić information content (AvgIpc) is 3.21. The molecule has 1 fully saturated rings. The van der Waals surface area contributed by atoms with E-state index in [0.717, 1.165) is 35.0 Å². The van der Waals surface area contributed by atoms with E-state index in [9.17, 15) is 4.79 Å². The number of fused-ring (bicyclic) bond motifs is 1. The minimum atomic E-state index is -0.999. The van der Waals surface area contributed by atoms with Crippen molar-refractivity contribution in [3.05, 3.63) is 41.2 Å². The highest BCUT2D eigenvalue weighted by Gasteiger charge is 2.17. The van der Waals surface area contributed by atoms with E-state index >= 15 is 0 Å². The number of aromatic nitrogens is 3. The van der Waals surface area contributed by atoms with Crippen molar-refractivity contribution in [1.82, 2.24) is 14.8 Å². The number of rotatable bonds is 4. The predicted octanol–water partition coefficient (Wildman–Crippen LogP) is 3.54. The van der Waals surface area contributed by atoms with Gasteiger partial charge < -0.3 is 10.0 Å². The fourth-order valence-corrected chi connectivity index (χ4v) is 4.34. The van der Waals surface area contributed by atoms with Crippen LogP contribution >= 0.6 is 11.3 Å². The second-order valence-electron chi connectivity index (χ2n) is 6.44. The molecule has 0 amide bonds. The van der Waals surface area contributed by atoms with E-state index in [4.69, 9.17) is 10.1 Å². The van der Waals surface area contributed by atoms with Gasteiger partial charge in [0.1, 0.15) is 0 Å². The van der Waals surface area contributed by atoms with Crippen molar-refractivity contribution in [2.45, 2.75) is 32.7 Å². The molecule has 0 spiro atoms. The third-order valence-corrected chi connectivity index (χ3v) is 5.72. The van der Waals surface area contributed by atoms with Crippen LogP contribution in [0.25, 0.3) is 10.2 Å². The van der Waals surface area contributed by atoms with Crippen molar-refractivity contribution in [2.75, 3.05) is 18.0 Å². The van der Waals surface area contributed by atoms with E-state index in [1.165, 1.54) is 24.0 Å². The van der Waals surface area contributed by atoms with Gasteiger partial charge in [-0.15, -0.1) is 0 Å². The maximum Gasteiger partial charge on any atom is 0.356 e. The summed E-state index contributed by atoms with van der Waals surface area (Å²) in [5.74, 6) is -0.999. The number of carboxylic acid groups (broad SMARTS) is 1. The van der Waals surface area contributed by atoms with Gasteiger partial charge in [-0.3, -0.25) is 4.68 Å². The molecule has 25 heavy (non-hydrogen) atoms. The maximum atomic E-state index is 11.1. The second-order valence-corrected chi connectivity index (χ2v) is 7.45. The van der Waals surface area contributed by atoms with Gasteiger partial charge in [-0.05, 0) is 38.3 Å². The molecule has 0 atom stereocenters. The summed E-state index contributed by atoms with van der Waals surface area (Å²) in [6, 6.07) is 7.78. The van der Waals surface area contributed by atoms with Crippen molar-refractivity contribution in [2.24, 2.45) is 0 Å². The number of hydrogen-bond donors (Lipinski definition) is 1. The Morgan fingerprint density at radius 2 is 2.08 bits per heavy atom. The zero-order valence-electron chi connectivity index (χ0n) is 14.1. The Hall–Kier alpha value is -2.41. The monoisotopic (exact) mass is 356 g/mol. The van der Waals surface area contributed by atoms with Gasteiger partial charge in [-0.2, -0.15) is 5.10 Å². The van der Waals surface area contributed by atoms with Crippen LogP contribution in [0.1, 0.15) is 41.0 Å². The van der Waals surface area contributed by atoms with Crippen LogP contribution in [0.15, 0.2) is 24.3 Å². The highest BCUT2D eigenvalue weighted by molar-refractivity contribution is 7.22. The van der Waals surface area contributed by atoms with Crippen LogP contribution in [-0.2, 0) is 6.54 Å². The summed E-state index contributed by atoms with van der Waals surface area (Å²) in [5.41, 5.74) is 2.98. The fraction of sp³-hybridized carbons (Fsp3) is 0.389. The average molecular weight is 356 g/mol. The number of thiazole rings is 1. The molecule has 0 saturated carbocycles. The molecule has 3 aromatic rings. The molecule has 0 aliphatic carbocycles. The Morgan fingerprint density at radius 3 is 2.80 bits per heavy atom. The molecule has 7 heteroatoms. The molecular weight excluding hydrogens is 336 g/mol. The maximum absolute atomic E-state index is 11.1. The Kier molecular flexibility index (Phi) is 4.17. The summed E-state index contributed by atoms with van der Waals surface area (Å²) in [4.78, 5) is 18.4. The zero-order valence-corrected chi connectivity index (χ0v) is 14.9. The third-order valence-electron chi connectivity index (χ3n) is 4.64. The number of aryl methyl sites for hydroxylation is 1. The summed E-state index contributed by atoms with van der Waals surface area (Å²) >= 11 is 1.73. The molecule has 0 unspecified atom stereocenters. The first kappa shape index (κ1) is 16.1. The molecule has 2 aromatic heterocycles. The lowest BCUT2D eigenvalue weighted by Crippen LogP contribution is -2.29. The molecule has 4 rings (SSSR count). The van der Waals surface area contributed by atoms with Crippen LogP contribution in [0, 0.1) is 6.92 Å². The molecule has 0 radical (unpaired) electrons. The highest BCUT2D eigenvalue weighted by Crippen LogP contribution is 2.32. The molecule has 1 aliphatic heterocycles. The van der Waals surface area contributed by atoms with Gasteiger partial charge in [0.15, 0.2) is 10.8 Å². The van der Waals surface area contributed by atoms with E-state index in [0.29, 0.717) is 6.54 Å². The second kappa shape index (κ2) is 6.48. The molecule has 0 bridgehead atoms. The van der Waals surface area contributed by atoms with Crippen molar-refractivity contribution in [1.29, 1.82) is 0 Å². The summed E-state index contributed by atoms with van der Waals surface area (Å²) in [7, 11) is 0. The molecule has 3 heterocycles. The third kappa shape index (κ3) is 3.11. The van der Waals surface area contributed by atoms with Gasteiger partial charge in [0, 0.05) is 24.3 Å². The molecule has 6 nitrogen and oxygen atoms in total. The van der Waals surface area contributed by atoms with Crippen LogP contribution in [0.3, 0.4) is 0 Å². The number of piperidine rings is 1. The first-order chi connectivity index (χ1) is 12.1. The Bertz CT molecular complexity index is 924. The van der Waals surface area contributed by atoms with Gasteiger partial charge >= 0.3 is 5.97 Å². The van der Waals surface area contributed by atoms with Gasteiger partial charge in [0.2, 0.25) is 0 Å². The summed E-state index contributed by atoms with van der Waals surface area (Å²) < 4.78 is 2.90. The van der Waals surface area contributed by atoms with Crippen LogP contribution in [0.2, 0.25) is 0 Å². The van der Waals surface area contributed by atoms with E-state index in [-0.39, 0.29) is 5.69 Å². The van der Waals surface area contributed by atoms with Gasteiger partial charge in [-0.25, -0.2) is 9.78 Å². The van der Waals surface area contributed by atoms with Gasteiger partial charge in [-0.1, -0.05) is 23.5 Å². The van der Waals surface area contributed by atoms with Crippen LogP contribution in [0.5, 0.6) is 0 Å². The number of anilines is 1. The number of aromatic carboxylic acids is 1. The van der Waals surface area contributed by atoms with Crippen molar-refractivity contribution in [3.63, 3.8) is 0 Å². The lowest BCUT2D eigenvalue weighted by molar-refractivity contribution is 0.0689. The lowest BCUT2D eigenvalue weighted by atomic mass is 10.1. The normalized spacial score (nSPS) is 15.0. The minimum absolute atomic E-state index is 0.0805. The van der Waals surface area contributed by atoms with Gasteiger partial charge in [0.05, 0.1) is 16.8 Å². The summed E-state index contributed by atoms with van der Waals surface area (Å²) in [6.07, 6.45) is 3.76. The number of carbonyl (C=O) groups is 1. The molecule has 1 aromatic carbocycles. The number of nitrogens with zero attached hydrogens (tertiary/aromatic N) is 4. The molecule has 1 saturated heterocycles. The summed E-state index contributed by atoms with van der Waals surface area (Å²) in [5, 5.41) is 14.4. The fourth-order valence-electron chi connectivity index (χ4n) is 3.28. The quantitative estimate of drug-likeness (QED) is 0.774. The highest BCUT2D eigenvalue weighted by atomic mass is 32.1. The van der Waals surface area contributed by atoms with E-state index in [1.54, 1.807) is 22.1 Å². The molecular formula is C18H20N4O2S. The first-order valence-electron chi connectivity index (χ1n) is 8.53. The topological polar surface area (TPSA) is 71.2 Å². The first-order valence-corrected chi connectivity index (χ1v) is 9.34. The van der Waals surface area contributed by atoms with E-state index in [1.807, 2.05) is 19.1 Å². The number of para-hydroxylation sites is 1. The van der Waals surface area contributed by atoms with Crippen LogP contribution in [0.4, 0.5) is 5.13 Å². The number of hydrogen-bond acceptors (Lipinski definition) is 5. The zero-order chi connectivity index (χ0) is 17.4. The smallest absolute Gasteiger partial charge is 0.356 e. The van der Waals surface area contributed by atoms with E-state index < -0.39 is 5.97 Å². The number of carboxylic acids is 1. The summed E-state index contributed by atoms with van der Waals surface area (Å²) in [6.45, 7) is 4.56. The van der Waals surface area contributed by atoms with Crippen molar-refractivity contribution >= 4 is 32.7 Å². The minimum Gasteiger partial charge on any atom is -0.476 e. The van der Waals surface area contributed by atoms with E-state index in [2.05, 4.69) is 16.1 Å². The molecule has 1 aliphatic rings. The van der Waals surface area contributed by atoms with Crippen molar-refractivity contribution in [3.8, 4) is 0 Å². The van der Waals surface area contributed by atoms with Crippen LogP contribution < -0.4 is 4.90 Å². The molecule has 1 N–H and O–H groups in total. The molecule has 130 valence electrons. The Morgan fingerprint density at radius 1 is 1.28 bits per heavy atom.